The average Bonchev–Trinajstić information content (AvgIpc) is 2.27. The second-order valence-electron chi connectivity index (χ2n) is 2.19. The van der Waals surface area contributed by atoms with Crippen LogP contribution in [-0.4, -0.2) is 9.97 Å². The molecule has 0 spiro atoms. The van der Waals surface area contributed by atoms with Crippen molar-refractivity contribution in [2.24, 2.45) is 0 Å². The molecule has 1 heterocycles. The Morgan fingerprint density at radius 2 is 2.00 bits per heavy atom. The molecule has 1 N–H and O–H groups in total. The van der Waals surface area contributed by atoms with Crippen LogP contribution in [0.2, 0.25) is 10.3 Å². The third-order valence-electron chi connectivity index (χ3n) is 1.42. The van der Waals surface area contributed by atoms with Crippen LogP contribution in [0.15, 0.2) is 18.2 Å². The summed E-state index contributed by atoms with van der Waals surface area (Å²) in [6, 6.07) is 5.39. The fraction of sp³-hybridized carbons (Fsp3) is 0. The molecule has 0 fully saturated rings. The van der Waals surface area contributed by atoms with Crippen LogP contribution < -0.4 is 0 Å². The smallest absolute Gasteiger partial charge is 0.201 e. The van der Waals surface area contributed by atoms with Gasteiger partial charge in [0.05, 0.1) is 11.0 Å². The fourth-order valence-electron chi connectivity index (χ4n) is 0.951. The Morgan fingerprint density at radius 3 is 2.75 bits per heavy atom. The third-order valence-corrected chi connectivity index (χ3v) is 1.83. The van der Waals surface area contributed by atoms with Gasteiger partial charge in [-0.1, -0.05) is 11.6 Å². The molecule has 1 aromatic heterocycles. The molecule has 0 radical (unpaired) electrons. The van der Waals surface area contributed by atoms with Crippen molar-refractivity contribution in [3.63, 3.8) is 0 Å². The van der Waals surface area contributed by atoms with Gasteiger partial charge >= 0.3 is 0 Å². The molecule has 0 aliphatic rings. The van der Waals surface area contributed by atoms with Crippen LogP contribution >= 0.6 is 35.6 Å². The number of hydrogen-bond donors (Lipinski definition) is 1. The number of nitrogens with zero attached hydrogens (tertiary/aromatic N) is 1. The largest absolute Gasteiger partial charge is 0.329 e. The van der Waals surface area contributed by atoms with Crippen LogP contribution in [0.1, 0.15) is 0 Å². The van der Waals surface area contributed by atoms with E-state index < -0.39 is 0 Å². The topological polar surface area (TPSA) is 28.7 Å². The van der Waals surface area contributed by atoms with Gasteiger partial charge in [0, 0.05) is 5.02 Å². The number of aromatic nitrogens is 2. The van der Waals surface area contributed by atoms with E-state index >= 15 is 0 Å². The third kappa shape index (κ3) is 1.66. The molecule has 0 amide bonds. The van der Waals surface area contributed by atoms with Gasteiger partial charge in [-0.15, -0.1) is 12.4 Å². The van der Waals surface area contributed by atoms with E-state index in [1.54, 1.807) is 12.1 Å². The zero-order valence-electron chi connectivity index (χ0n) is 5.84. The summed E-state index contributed by atoms with van der Waals surface area (Å²) in [5.41, 5.74) is 1.70. The first-order chi connectivity index (χ1) is 5.25. The van der Waals surface area contributed by atoms with Gasteiger partial charge in [-0.2, -0.15) is 0 Å². The second kappa shape index (κ2) is 3.52. The average molecular weight is 223 g/mol. The molecule has 0 unspecified atom stereocenters. The molecular formula is C7H5Cl3N2. The van der Waals surface area contributed by atoms with Gasteiger partial charge in [0.15, 0.2) is 0 Å². The standard InChI is InChI=1S/C7H4Cl2N2.ClH/c8-4-1-2-5-6(3-4)11-7(9)10-5;/h1-3H,(H,10,11);1H. The van der Waals surface area contributed by atoms with Crippen molar-refractivity contribution in [2.45, 2.75) is 0 Å². The van der Waals surface area contributed by atoms with Crippen molar-refractivity contribution in [1.29, 1.82) is 0 Å². The van der Waals surface area contributed by atoms with E-state index in [1.807, 2.05) is 6.07 Å². The van der Waals surface area contributed by atoms with Gasteiger partial charge in [0.2, 0.25) is 5.28 Å². The van der Waals surface area contributed by atoms with Gasteiger partial charge in [-0.05, 0) is 29.8 Å². The molecule has 0 bridgehead atoms. The summed E-state index contributed by atoms with van der Waals surface area (Å²) >= 11 is 11.4. The predicted octanol–water partition coefficient (Wildman–Crippen LogP) is 3.29. The summed E-state index contributed by atoms with van der Waals surface area (Å²) in [5, 5.41) is 1.07. The molecule has 2 aromatic rings. The van der Waals surface area contributed by atoms with E-state index in [2.05, 4.69) is 9.97 Å². The number of halogens is 3. The zero-order chi connectivity index (χ0) is 7.84. The number of nitrogens with one attached hydrogen (secondary N) is 1. The minimum absolute atomic E-state index is 0. The van der Waals surface area contributed by atoms with Gasteiger partial charge in [0.25, 0.3) is 0 Å². The molecule has 2 rings (SSSR count). The summed E-state index contributed by atoms with van der Waals surface area (Å²) in [6.07, 6.45) is 0. The molecule has 12 heavy (non-hydrogen) atoms. The van der Waals surface area contributed by atoms with Crippen molar-refractivity contribution in [2.75, 3.05) is 0 Å². The molecule has 1 aromatic carbocycles. The lowest BCUT2D eigenvalue weighted by atomic mass is 10.3. The van der Waals surface area contributed by atoms with Gasteiger partial charge in [-0.3, -0.25) is 0 Å². The lowest BCUT2D eigenvalue weighted by Gasteiger charge is -1.87. The number of aromatic amines is 1. The molecule has 0 saturated carbocycles. The highest BCUT2D eigenvalue weighted by molar-refractivity contribution is 6.31. The zero-order valence-corrected chi connectivity index (χ0v) is 8.17. The SMILES string of the molecule is Cl.Clc1ccc2nc(Cl)[nH]c2c1. The molecule has 2 nitrogen and oxygen atoms in total. The van der Waals surface area contributed by atoms with E-state index in [1.165, 1.54) is 0 Å². The monoisotopic (exact) mass is 222 g/mol. The van der Waals surface area contributed by atoms with Crippen molar-refractivity contribution in [3.05, 3.63) is 28.5 Å². The van der Waals surface area contributed by atoms with E-state index in [4.69, 9.17) is 23.2 Å². The van der Waals surface area contributed by atoms with Crippen LogP contribution in [0.5, 0.6) is 0 Å². The molecular weight excluding hydrogens is 218 g/mol. The van der Waals surface area contributed by atoms with Crippen molar-refractivity contribution < 1.29 is 0 Å². The predicted molar refractivity (Wildman–Crippen MR) is 53.4 cm³/mol. The van der Waals surface area contributed by atoms with Crippen LogP contribution in [0, 0.1) is 0 Å². The van der Waals surface area contributed by atoms with Crippen molar-refractivity contribution >= 4 is 46.6 Å². The minimum Gasteiger partial charge on any atom is -0.329 e. The Hall–Kier alpha value is -0.440. The Kier molecular flexibility index (Phi) is 2.83. The summed E-state index contributed by atoms with van der Waals surface area (Å²) in [6.45, 7) is 0. The molecule has 64 valence electrons. The number of imidazole rings is 1. The lowest BCUT2D eigenvalue weighted by molar-refractivity contribution is 1.34. The summed E-state index contributed by atoms with van der Waals surface area (Å²) in [4.78, 5) is 6.87. The Balaban J connectivity index is 0.000000720. The van der Waals surface area contributed by atoms with Gasteiger partial charge in [-0.25, -0.2) is 4.98 Å². The first kappa shape index (κ1) is 9.65. The number of hydrogen-bond acceptors (Lipinski definition) is 1. The first-order valence-corrected chi connectivity index (χ1v) is 3.82. The fourth-order valence-corrected chi connectivity index (χ4v) is 1.32. The highest BCUT2D eigenvalue weighted by atomic mass is 35.5. The van der Waals surface area contributed by atoms with Crippen molar-refractivity contribution in [3.8, 4) is 0 Å². The van der Waals surface area contributed by atoms with E-state index in [9.17, 15) is 0 Å². The van der Waals surface area contributed by atoms with Crippen LogP contribution in [0.25, 0.3) is 11.0 Å². The highest BCUT2D eigenvalue weighted by Gasteiger charge is 1.99. The number of fused-ring (bicyclic) bond motifs is 1. The van der Waals surface area contributed by atoms with Crippen molar-refractivity contribution in [1.82, 2.24) is 9.97 Å². The Morgan fingerprint density at radius 1 is 1.25 bits per heavy atom. The molecule has 5 heteroatoms. The van der Waals surface area contributed by atoms with Gasteiger partial charge < -0.3 is 4.98 Å². The van der Waals surface area contributed by atoms with E-state index in [-0.39, 0.29) is 12.4 Å². The molecule has 0 aliphatic carbocycles. The first-order valence-electron chi connectivity index (χ1n) is 3.06. The van der Waals surface area contributed by atoms with E-state index in [0.29, 0.717) is 10.3 Å². The Labute approximate surface area is 85.3 Å². The van der Waals surface area contributed by atoms with Crippen LogP contribution in [0.4, 0.5) is 0 Å². The summed E-state index contributed by atoms with van der Waals surface area (Å²) < 4.78 is 0. The minimum atomic E-state index is 0. The van der Waals surface area contributed by atoms with Crippen LogP contribution in [0.3, 0.4) is 0 Å². The number of rotatable bonds is 0. The summed E-state index contributed by atoms with van der Waals surface area (Å²) in [5.74, 6) is 0. The Bertz CT molecular complexity index is 396. The highest BCUT2D eigenvalue weighted by Crippen LogP contribution is 2.18. The quantitative estimate of drug-likeness (QED) is 0.729. The molecule has 0 aliphatic heterocycles. The normalized spacial score (nSPS) is 9.83. The summed E-state index contributed by atoms with van der Waals surface area (Å²) in [7, 11) is 0. The molecule has 0 saturated heterocycles. The molecule has 0 atom stereocenters. The maximum absolute atomic E-state index is 5.74. The van der Waals surface area contributed by atoms with Crippen LogP contribution in [-0.2, 0) is 0 Å². The number of H-pyrrole nitrogens is 1. The van der Waals surface area contributed by atoms with E-state index in [0.717, 1.165) is 11.0 Å². The second-order valence-corrected chi connectivity index (χ2v) is 2.98. The maximum Gasteiger partial charge on any atom is 0.201 e. The maximum atomic E-state index is 5.74. The number of benzene rings is 1. The van der Waals surface area contributed by atoms with Gasteiger partial charge in [0.1, 0.15) is 0 Å². The lowest BCUT2D eigenvalue weighted by Crippen LogP contribution is -1.67.